The van der Waals surface area contributed by atoms with Crippen LogP contribution in [0.2, 0.25) is 0 Å². The van der Waals surface area contributed by atoms with Gasteiger partial charge < -0.3 is 15.1 Å². The van der Waals surface area contributed by atoms with Crippen LogP contribution in [0.4, 0.5) is 0 Å². The van der Waals surface area contributed by atoms with Crippen LogP contribution in [0.3, 0.4) is 0 Å². The van der Waals surface area contributed by atoms with Crippen molar-refractivity contribution in [1.82, 2.24) is 15.1 Å². The molecule has 0 aromatic rings. The zero-order valence-corrected chi connectivity index (χ0v) is 10.6. The third kappa shape index (κ3) is 6.13. The first-order chi connectivity index (χ1) is 7.18. The summed E-state index contributed by atoms with van der Waals surface area (Å²) in [5.74, 6) is 0. The topological polar surface area (TPSA) is 18.5 Å². The van der Waals surface area contributed by atoms with Gasteiger partial charge in [0.1, 0.15) is 0 Å². The van der Waals surface area contributed by atoms with Crippen LogP contribution >= 0.6 is 0 Å². The highest BCUT2D eigenvalue weighted by molar-refractivity contribution is 4.67. The van der Waals surface area contributed by atoms with Crippen molar-refractivity contribution in [1.29, 1.82) is 0 Å². The van der Waals surface area contributed by atoms with E-state index in [1.165, 1.54) is 45.6 Å². The van der Waals surface area contributed by atoms with E-state index in [2.05, 4.69) is 36.0 Å². The van der Waals surface area contributed by atoms with E-state index in [0.717, 1.165) is 6.54 Å². The maximum atomic E-state index is 3.47. The van der Waals surface area contributed by atoms with Crippen molar-refractivity contribution in [2.45, 2.75) is 32.7 Å². The van der Waals surface area contributed by atoms with Gasteiger partial charge in [0, 0.05) is 19.1 Å². The van der Waals surface area contributed by atoms with Crippen molar-refractivity contribution in [3.8, 4) is 0 Å². The zero-order chi connectivity index (χ0) is 11.1. The Labute approximate surface area is 94.8 Å². The second-order valence-electron chi connectivity index (χ2n) is 4.96. The fourth-order valence-corrected chi connectivity index (χ4v) is 2.02. The summed E-state index contributed by atoms with van der Waals surface area (Å²) in [4.78, 5) is 5.04. The molecule has 0 bridgehead atoms. The van der Waals surface area contributed by atoms with E-state index in [4.69, 9.17) is 0 Å². The first-order valence-corrected chi connectivity index (χ1v) is 6.33. The van der Waals surface area contributed by atoms with Crippen LogP contribution in [-0.2, 0) is 0 Å². The highest BCUT2D eigenvalue weighted by Crippen LogP contribution is 2.01. The molecule has 3 nitrogen and oxygen atoms in total. The highest BCUT2D eigenvalue weighted by atomic mass is 15.2. The maximum absolute atomic E-state index is 3.47. The smallest absolute Gasteiger partial charge is 0.0109 e. The molecule has 3 heteroatoms. The third-order valence-corrected chi connectivity index (χ3v) is 3.02. The Bertz CT molecular complexity index is 159. The average molecular weight is 213 g/mol. The minimum absolute atomic E-state index is 0.625. The van der Waals surface area contributed by atoms with Gasteiger partial charge in [-0.15, -0.1) is 0 Å². The van der Waals surface area contributed by atoms with E-state index in [9.17, 15) is 0 Å². The molecule has 1 N–H and O–H groups in total. The Morgan fingerprint density at radius 2 is 1.93 bits per heavy atom. The lowest BCUT2D eigenvalue weighted by Crippen LogP contribution is -2.32. The van der Waals surface area contributed by atoms with Crippen molar-refractivity contribution < 1.29 is 0 Å². The predicted molar refractivity (Wildman–Crippen MR) is 66.3 cm³/mol. The Kier molecular flexibility index (Phi) is 6.22. The monoisotopic (exact) mass is 213 g/mol. The standard InChI is InChI=1S/C12H27N3/c1-12(2)13-6-4-8-15-9-5-7-14(3)10-11-15/h12-13H,4-11H2,1-3H3. The highest BCUT2D eigenvalue weighted by Gasteiger charge is 2.10. The SMILES string of the molecule is CC(C)NCCCN1CCCN(C)CC1. The number of nitrogens with one attached hydrogen (secondary N) is 1. The summed E-state index contributed by atoms with van der Waals surface area (Å²) in [7, 11) is 2.23. The third-order valence-electron chi connectivity index (χ3n) is 3.02. The Hall–Kier alpha value is -0.120. The van der Waals surface area contributed by atoms with Crippen LogP contribution < -0.4 is 5.32 Å². The summed E-state index contributed by atoms with van der Waals surface area (Å²) in [6.07, 6.45) is 2.61. The molecule has 0 aromatic heterocycles. The minimum Gasteiger partial charge on any atom is -0.314 e. The molecule has 90 valence electrons. The second-order valence-corrected chi connectivity index (χ2v) is 4.96. The fourth-order valence-electron chi connectivity index (χ4n) is 2.02. The molecule has 0 unspecified atom stereocenters. The van der Waals surface area contributed by atoms with Gasteiger partial charge in [-0.2, -0.15) is 0 Å². The number of likely N-dealkylation sites (N-methyl/N-ethyl adjacent to an activating group) is 1. The van der Waals surface area contributed by atoms with Crippen LogP contribution in [-0.4, -0.2) is 62.2 Å². The summed E-state index contributed by atoms with van der Waals surface area (Å²) in [5.41, 5.74) is 0. The molecule has 1 aliphatic heterocycles. The molecule has 1 rings (SSSR count). The maximum Gasteiger partial charge on any atom is 0.0109 e. The summed E-state index contributed by atoms with van der Waals surface area (Å²) in [6.45, 7) is 11.9. The van der Waals surface area contributed by atoms with Gasteiger partial charge in [-0.3, -0.25) is 0 Å². The van der Waals surface area contributed by atoms with E-state index in [0.29, 0.717) is 6.04 Å². The van der Waals surface area contributed by atoms with Gasteiger partial charge in [-0.05, 0) is 46.1 Å². The quantitative estimate of drug-likeness (QED) is 0.688. The molecule has 0 radical (unpaired) electrons. The lowest BCUT2D eigenvalue weighted by Gasteiger charge is -2.20. The molecule has 0 amide bonds. The molecule has 1 fully saturated rings. The van der Waals surface area contributed by atoms with Crippen LogP contribution in [0.15, 0.2) is 0 Å². The molecule has 0 spiro atoms. The molecule has 0 aromatic carbocycles. The number of rotatable bonds is 5. The van der Waals surface area contributed by atoms with Gasteiger partial charge in [0.05, 0.1) is 0 Å². The van der Waals surface area contributed by atoms with Gasteiger partial charge in [-0.25, -0.2) is 0 Å². The predicted octanol–water partition coefficient (Wildman–Crippen LogP) is 1.01. The van der Waals surface area contributed by atoms with Crippen molar-refractivity contribution in [3.05, 3.63) is 0 Å². The van der Waals surface area contributed by atoms with Gasteiger partial charge in [0.25, 0.3) is 0 Å². The van der Waals surface area contributed by atoms with Gasteiger partial charge in [-0.1, -0.05) is 13.8 Å². The van der Waals surface area contributed by atoms with E-state index in [1.807, 2.05) is 0 Å². The first kappa shape index (κ1) is 12.9. The summed E-state index contributed by atoms with van der Waals surface area (Å²) < 4.78 is 0. The van der Waals surface area contributed by atoms with Crippen LogP contribution in [0.5, 0.6) is 0 Å². The van der Waals surface area contributed by atoms with Gasteiger partial charge in [0.15, 0.2) is 0 Å². The normalized spacial score (nSPS) is 20.8. The lowest BCUT2D eigenvalue weighted by atomic mass is 10.3. The Balaban J connectivity index is 2.05. The van der Waals surface area contributed by atoms with Gasteiger partial charge >= 0.3 is 0 Å². The van der Waals surface area contributed by atoms with E-state index >= 15 is 0 Å². The number of hydrogen-bond donors (Lipinski definition) is 1. The zero-order valence-electron chi connectivity index (χ0n) is 10.6. The molecule has 15 heavy (non-hydrogen) atoms. The van der Waals surface area contributed by atoms with Gasteiger partial charge in [0.2, 0.25) is 0 Å². The van der Waals surface area contributed by atoms with Crippen molar-refractivity contribution in [2.75, 3.05) is 46.3 Å². The van der Waals surface area contributed by atoms with Crippen molar-refractivity contribution >= 4 is 0 Å². The molecule has 1 heterocycles. The Morgan fingerprint density at radius 1 is 1.13 bits per heavy atom. The first-order valence-electron chi connectivity index (χ1n) is 6.33. The number of hydrogen-bond acceptors (Lipinski definition) is 3. The number of nitrogens with zero attached hydrogens (tertiary/aromatic N) is 2. The molecular weight excluding hydrogens is 186 g/mol. The Morgan fingerprint density at radius 3 is 2.67 bits per heavy atom. The van der Waals surface area contributed by atoms with Crippen LogP contribution in [0.25, 0.3) is 0 Å². The van der Waals surface area contributed by atoms with E-state index < -0.39 is 0 Å². The molecule has 1 saturated heterocycles. The molecular formula is C12H27N3. The average Bonchev–Trinajstić information content (AvgIpc) is 2.38. The van der Waals surface area contributed by atoms with E-state index in [1.54, 1.807) is 0 Å². The molecule has 0 saturated carbocycles. The van der Waals surface area contributed by atoms with E-state index in [-0.39, 0.29) is 0 Å². The lowest BCUT2D eigenvalue weighted by molar-refractivity contribution is 0.271. The fraction of sp³-hybridized carbons (Fsp3) is 1.00. The minimum atomic E-state index is 0.625. The summed E-state index contributed by atoms with van der Waals surface area (Å²) >= 11 is 0. The molecule has 0 atom stereocenters. The van der Waals surface area contributed by atoms with Crippen LogP contribution in [0.1, 0.15) is 26.7 Å². The molecule has 1 aliphatic rings. The van der Waals surface area contributed by atoms with Crippen molar-refractivity contribution in [3.63, 3.8) is 0 Å². The van der Waals surface area contributed by atoms with Crippen molar-refractivity contribution in [2.24, 2.45) is 0 Å². The largest absolute Gasteiger partial charge is 0.314 e. The van der Waals surface area contributed by atoms with Crippen LogP contribution in [0, 0.1) is 0 Å². The summed E-state index contributed by atoms with van der Waals surface area (Å²) in [5, 5.41) is 3.47. The second kappa shape index (κ2) is 7.20. The summed E-state index contributed by atoms with van der Waals surface area (Å²) in [6, 6.07) is 0.625. The molecule has 0 aliphatic carbocycles.